The summed E-state index contributed by atoms with van der Waals surface area (Å²) in [5, 5.41) is 0. The molecule has 1 fully saturated rings. The van der Waals surface area contributed by atoms with Gasteiger partial charge in [-0.2, -0.15) is 0 Å². The number of nitrogens with zero attached hydrogens (tertiary/aromatic N) is 1. The van der Waals surface area contributed by atoms with Gasteiger partial charge < -0.3 is 15.4 Å². The monoisotopic (exact) mass is 200 g/mol. The Bertz CT molecular complexity index is 195. The summed E-state index contributed by atoms with van der Waals surface area (Å²) in [6.07, 6.45) is 1.15. The molecule has 1 atom stereocenters. The van der Waals surface area contributed by atoms with Crippen LogP contribution in [0.15, 0.2) is 0 Å². The molecule has 2 N–H and O–H groups in total. The molecule has 0 aromatic rings. The largest absolute Gasteiger partial charge is 0.369 e. The maximum Gasteiger partial charge on any atom is 0.248 e. The Labute approximate surface area is 85.4 Å². The summed E-state index contributed by atoms with van der Waals surface area (Å²) in [5.41, 5.74) is 5.55. The highest BCUT2D eigenvalue weighted by Gasteiger charge is 2.24. The van der Waals surface area contributed by atoms with Crippen molar-refractivity contribution >= 4 is 5.91 Å². The molecule has 0 bridgehead atoms. The molecule has 1 amide bonds. The second-order valence-corrected chi connectivity index (χ2v) is 4.09. The first-order valence-corrected chi connectivity index (χ1v) is 5.23. The van der Waals surface area contributed by atoms with Gasteiger partial charge in [0, 0.05) is 13.1 Å². The summed E-state index contributed by atoms with van der Waals surface area (Å²) in [7, 11) is 0. The molecular weight excluding hydrogens is 180 g/mol. The van der Waals surface area contributed by atoms with Gasteiger partial charge in [-0.1, -0.05) is 0 Å². The van der Waals surface area contributed by atoms with Crippen molar-refractivity contribution in [2.75, 3.05) is 26.2 Å². The lowest BCUT2D eigenvalue weighted by Gasteiger charge is -2.17. The first-order valence-electron chi connectivity index (χ1n) is 5.23. The molecule has 0 radical (unpaired) electrons. The van der Waals surface area contributed by atoms with Crippen molar-refractivity contribution in [3.63, 3.8) is 0 Å². The smallest absolute Gasteiger partial charge is 0.248 e. The zero-order chi connectivity index (χ0) is 10.6. The SMILES string of the molecule is CC(C)OCC(=O)N1CCC(CN)C1. The fraction of sp³-hybridized carbons (Fsp3) is 0.900. The zero-order valence-electron chi connectivity index (χ0n) is 9.03. The van der Waals surface area contributed by atoms with Crippen LogP contribution in [0.25, 0.3) is 0 Å². The lowest BCUT2D eigenvalue weighted by molar-refractivity contribution is -0.136. The first-order chi connectivity index (χ1) is 6.63. The van der Waals surface area contributed by atoms with Crippen molar-refractivity contribution in [3.05, 3.63) is 0 Å². The highest BCUT2D eigenvalue weighted by molar-refractivity contribution is 5.77. The standard InChI is InChI=1S/C10H20N2O2/c1-8(2)14-7-10(13)12-4-3-9(5-11)6-12/h8-9H,3-7,11H2,1-2H3. The van der Waals surface area contributed by atoms with Gasteiger partial charge >= 0.3 is 0 Å². The van der Waals surface area contributed by atoms with Crippen molar-refractivity contribution in [1.29, 1.82) is 0 Å². The van der Waals surface area contributed by atoms with Crippen LogP contribution in [-0.2, 0) is 9.53 Å². The van der Waals surface area contributed by atoms with E-state index in [9.17, 15) is 4.79 Å². The number of carbonyl (C=O) groups excluding carboxylic acids is 1. The van der Waals surface area contributed by atoms with Crippen LogP contribution in [0.5, 0.6) is 0 Å². The molecular formula is C10H20N2O2. The van der Waals surface area contributed by atoms with E-state index in [4.69, 9.17) is 10.5 Å². The number of ether oxygens (including phenoxy) is 1. The van der Waals surface area contributed by atoms with Crippen molar-refractivity contribution in [1.82, 2.24) is 4.90 Å². The molecule has 82 valence electrons. The Balaban J connectivity index is 2.25. The van der Waals surface area contributed by atoms with E-state index in [1.165, 1.54) is 0 Å². The molecule has 4 nitrogen and oxygen atoms in total. The molecule has 0 saturated carbocycles. The van der Waals surface area contributed by atoms with Crippen LogP contribution < -0.4 is 5.73 Å². The van der Waals surface area contributed by atoms with Crippen molar-refractivity contribution in [2.45, 2.75) is 26.4 Å². The van der Waals surface area contributed by atoms with E-state index in [-0.39, 0.29) is 18.6 Å². The van der Waals surface area contributed by atoms with Gasteiger partial charge in [-0.25, -0.2) is 0 Å². The second-order valence-electron chi connectivity index (χ2n) is 4.09. The molecule has 1 aliphatic heterocycles. The van der Waals surface area contributed by atoms with Crippen molar-refractivity contribution in [3.8, 4) is 0 Å². The average Bonchev–Trinajstić information content (AvgIpc) is 2.62. The molecule has 1 saturated heterocycles. The number of rotatable bonds is 4. The molecule has 1 aliphatic rings. The fourth-order valence-electron chi connectivity index (χ4n) is 1.58. The van der Waals surface area contributed by atoms with Gasteiger partial charge in [-0.05, 0) is 32.7 Å². The highest BCUT2D eigenvalue weighted by atomic mass is 16.5. The quantitative estimate of drug-likeness (QED) is 0.706. The predicted octanol–water partition coefficient (Wildman–Crippen LogP) is 0.219. The Morgan fingerprint density at radius 2 is 2.36 bits per heavy atom. The third-order valence-corrected chi connectivity index (χ3v) is 2.51. The Hall–Kier alpha value is -0.610. The predicted molar refractivity (Wildman–Crippen MR) is 54.8 cm³/mol. The van der Waals surface area contributed by atoms with Gasteiger partial charge in [0.05, 0.1) is 6.10 Å². The second kappa shape index (κ2) is 5.32. The minimum absolute atomic E-state index is 0.0923. The minimum Gasteiger partial charge on any atom is -0.369 e. The maximum atomic E-state index is 11.6. The lowest BCUT2D eigenvalue weighted by atomic mass is 10.1. The van der Waals surface area contributed by atoms with Gasteiger partial charge in [0.2, 0.25) is 5.91 Å². The highest BCUT2D eigenvalue weighted by Crippen LogP contribution is 2.14. The van der Waals surface area contributed by atoms with Crippen LogP contribution in [0.1, 0.15) is 20.3 Å². The van der Waals surface area contributed by atoms with E-state index < -0.39 is 0 Å². The van der Waals surface area contributed by atoms with Crippen LogP contribution in [0.2, 0.25) is 0 Å². The number of hydrogen-bond acceptors (Lipinski definition) is 3. The van der Waals surface area contributed by atoms with Crippen LogP contribution in [0.4, 0.5) is 0 Å². The Morgan fingerprint density at radius 1 is 1.64 bits per heavy atom. The van der Waals surface area contributed by atoms with Crippen LogP contribution in [-0.4, -0.2) is 43.2 Å². The molecule has 1 rings (SSSR count). The van der Waals surface area contributed by atoms with Crippen LogP contribution >= 0.6 is 0 Å². The third kappa shape index (κ3) is 3.27. The number of hydrogen-bond donors (Lipinski definition) is 1. The van der Waals surface area contributed by atoms with Crippen molar-refractivity contribution in [2.24, 2.45) is 11.7 Å². The number of likely N-dealkylation sites (tertiary alicyclic amines) is 1. The van der Waals surface area contributed by atoms with Crippen LogP contribution in [0.3, 0.4) is 0 Å². The van der Waals surface area contributed by atoms with E-state index in [1.807, 2.05) is 18.7 Å². The van der Waals surface area contributed by atoms with Gasteiger partial charge in [0.25, 0.3) is 0 Å². The normalized spacial score (nSPS) is 22.0. The van der Waals surface area contributed by atoms with Crippen molar-refractivity contribution < 1.29 is 9.53 Å². The topological polar surface area (TPSA) is 55.6 Å². The molecule has 1 heterocycles. The van der Waals surface area contributed by atoms with E-state index in [0.29, 0.717) is 12.5 Å². The number of nitrogens with two attached hydrogens (primary N) is 1. The molecule has 1 unspecified atom stereocenters. The van der Waals surface area contributed by atoms with E-state index in [1.54, 1.807) is 0 Å². The zero-order valence-corrected chi connectivity index (χ0v) is 9.03. The average molecular weight is 200 g/mol. The summed E-state index contributed by atoms with van der Waals surface area (Å²) in [5.74, 6) is 0.577. The summed E-state index contributed by atoms with van der Waals surface area (Å²) in [6.45, 7) is 6.38. The molecule has 0 aliphatic carbocycles. The van der Waals surface area contributed by atoms with Crippen LogP contribution in [0, 0.1) is 5.92 Å². The van der Waals surface area contributed by atoms with Gasteiger partial charge in [-0.15, -0.1) is 0 Å². The summed E-state index contributed by atoms with van der Waals surface area (Å²) < 4.78 is 5.26. The van der Waals surface area contributed by atoms with Gasteiger partial charge in [-0.3, -0.25) is 4.79 Å². The maximum absolute atomic E-state index is 11.6. The summed E-state index contributed by atoms with van der Waals surface area (Å²) >= 11 is 0. The summed E-state index contributed by atoms with van der Waals surface area (Å²) in [6, 6.07) is 0. The molecule has 0 aromatic carbocycles. The Kier molecular flexibility index (Phi) is 4.35. The Morgan fingerprint density at radius 3 is 2.86 bits per heavy atom. The number of amides is 1. The first kappa shape index (κ1) is 11.5. The lowest BCUT2D eigenvalue weighted by Crippen LogP contribution is -2.33. The summed E-state index contributed by atoms with van der Waals surface area (Å²) in [4.78, 5) is 13.4. The third-order valence-electron chi connectivity index (χ3n) is 2.51. The minimum atomic E-state index is 0.0923. The van der Waals surface area contributed by atoms with Gasteiger partial charge in [0.1, 0.15) is 6.61 Å². The van der Waals surface area contributed by atoms with E-state index >= 15 is 0 Å². The fourth-order valence-corrected chi connectivity index (χ4v) is 1.58. The molecule has 14 heavy (non-hydrogen) atoms. The number of carbonyl (C=O) groups is 1. The molecule has 0 aromatic heterocycles. The van der Waals surface area contributed by atoms with Gasteiger partial charge in [0.15, 0.2) is 0 Å². The molecule has 4 heteroatoms. The van der Waals surface area contributed by atoms with E-state index in [0.717, 1.165) is 19.5 Å². The van der Waals surface area contributed by atoms with E-state index in [2.05, 4.69) is 0 Å². The molecule has 0 spiro atoms.